The summed E-state index contributed by atoms with van der Waals surface area (Å²) < 4.78 is 11.6. The summed E-state index contributed by atoms with van der Waals surface area (Å²) >= 11 is 0. The van der Waals surface area contributed by atoms with Crippen molar-refractivity contribution >= 4 is 46.0 Å². The summed E-state index contributed by atoms with van der Waals surface area (Å²) in [6.45, 7) is 5.44. The average Bonchev–Trinajstić information content (AvgIpc) is 3.55. The molecular weight excluding hydrogens is 608 g/mol. The molecule has 10 nitrogen and oxygen atoms in total. The number of hydrogen-bond acceptors (Lipinski definition) is 8. The van der Waals surface area contributed by atoms with Crippen molar-refractivity contribution in [1.29, 1.82) is 0 Å². The Kier molecular flexibility index (Phi) is 9.99. The van der Waals surface area contributed by atoms with Crippen molar-refractivity contribution in [3.05, 3.63) is 59.3 Å². The number of aromatic nitrogens is 1. The van der Waals surface area contributed by atoms with Gasteiger partial charge >= 0.3 is 11.9 Å². The van der Waals surface area contributed by atoms with Crippen LogP contribution < -0.4 is 15.0 Å². The monoisotopic (exact) mass is 654 g/mol. The molecule has 3 aliphatic rings. The van der Waals surface area contributed by atoms with Gasteiger partial charge in [-0.05, 0) is 68.4 Å². The molecule has 2 aliphatic heterocycles. The van der Waals surface area contributed by atoms with Gasteiger partial charge in [-0.15, -0.1) is 0 Å². The standard InChI is InChI=1S/C38H46N4O6/c1-25(43)41-23-21-38(48-27(3)45)31-24-28(19-20-34(31)42(26(2)44)37(38)41)47-35(46)18-8-6-4-5-7-13-22-39-36-29-14-9-11-16-32(29)40-33-17-12-10-15-30(33)36/h9,11,14,16,19-20,24,37H,4-8,10,12-13,15,17-18,21-23H2,1-3H3,(H,39,40)/t37-,38-/m1/s1. The second-order valence-electron chi connectivity index (χ2n) is 13.3. The smallest absolute Gasteiger partial charge is 0.311 e. The van der Waals surface area contributed by atoms with E-state index in [9.17, 15) is 19.2 Å². The van der Waals surface area contributed by atoms with Gasteiger partial charge in [-0.25, -0.2) is 0 Å². The average molecular weight is 655 g/mol. The van der Waals surface area contributed by atoms with Gasteiger partial charge in [0, 0.05) is 69.0 Å². The van der Waals surface area contributed by atoms with Crippen molar-refractivity contribution in [2.45, 2.75) is 110 Å². The third kappa shape index (κ3) is 6.62. The van der Waals surface area contributed by atoms with Gasteiger partial charge in [0.05, 0.1) is 11.2 Å². The Morgan fingerprint density at radius 3 is 2.44 bits per heavy atom. The fraction of sp³-hybridized carbons (Fsp3) is 0.500. The third-order valence-electron chi connectivity index (χ3n) is 9.94. The van der Waals surface area contributed by atoms with E-state index in [0.29, 0.717) is 36.4 Å². The lowest BCUT2D eigenvalue weighted by molar-refractivity contribution is -0.162. The van der Waals surface area contributed by atoms with Crippen LogP contribution in [0.2, 0.25) is 0 Å². The number of benzene rings is 2. The van der Waals surface area contributed by atoms with Gasteiger partial charge < -0.3 is 19.7 Å². The topological polar surface area (TPSA) is 118 Å². The van der Waals surface area contributed by atoms with Crippen molar-refractivity contribution in [3.63, 3.8) is 0 Å². The predicted octanol–water partition coefficient (Wildman–Crippen LogP) is 6.57. The van der Waals surface area contributed by atoms with Crippen LogP contribution in [0, 0.1) is 0 Å². The lowest BCUT2D eigenvalue weighted by atomic mass is 9.92. The molecule has 2 amide bonds. The van der Waals surface area contributed by atoms with Gasteiger partial charge in [0.2, 0.25) is 11.8 Å². The summed E-state index contributed by atoms with van der Waals surface area (Å²) in [7, 11) is 0. The van der Waals surface area contributed by atoms with E-state index in [1.807, 2.05) is 0 Å². The lowest BCUT2D eigenvalue weighted by Crippen LogP contribution is -2.54. The van der Waals surface area contributed by atoms with Crippen LogP contribution in [0.4, 0.5) is 11.4 Å². The fourth-order valence-electron chi connectivity index (χ4n) is 7.83. The highest BCUT2D eigenvalue weighted by Gasteiger charge is 2.62. The molecule has 1 aromatic heterocycles. The number of ether oxygens (including phenoxy) is 2. The first-order valence-electron chi connectivity index (χ1n) is 17.5. The number of hydrogen-bond donors (Lipinski definition) is 1. The van der Waals surface area contributed by atoms with E-state index in [2.05, 4.69) is 29.6 Å². The van der Waals surface area contributed by atoms with Crippen molar-refractivity contribution in [3.8, 4) is 5.75 Å². The van der Waals surface area contributed by atoms with E-state index in [-0.39, 0.29) is 17.8 Å². The zero-order valence-electron chi connectivity index (χ0n) is 28.3. The molecule has 6 rings (SSSR count). The number of likely N-dealkylation sites (tertiary alicyclic amines) is 1. The summed E-state index contributed by atoms with van der Waals surface area (Å²) in [6, 6.07) is 13.4. The molecule has 0 saturated carbocycles. The molecule has 0 unspecified atom stereocenters. The molecule has 2 aromatic carbocycles. The van der Waals surface area contributed by atoms with Gasteiger partial charge in [0.25, 0.3) is 0 Å². The summed E-state index contributed by atoms with van der Waals surface area (Å²) in [5.74, 6) is -1.00. The van der Waals surface area contributed by atoms with Crippen LogP contribution >= 0.6 is 0 Å². The van der Waals surface area contributed by atoms with E-state index in [4.69, 9.17) is 14.5 Å². The maximum Gasteiger partial charge on any atom is 0.311 e. The highest BCUT2D eigenvalue weighted by molar-refractivity contribution is 5.97. The minimum Gasteiger partial charge on any atom is -0.450 e. The molecule has 48 heavy (non-hydrogen) atoms. The van der Waals surface area contributed by atoms with E-state index < -0.39 is 17.7 Å². The van der Waals surface area contributed by atoms with E-state index in [1.165, 1.54) is 60.8 Å². The van der Waals surface area contributed by atoms with Gasteiger partial charge in [-0.1, -0.05) is 43.9 Å². The Morgan fingerprint density at radius 1 is 0.917 bits per heavy atom. The molecule has 0 spiro atoms. The summed E-state index contributed by atoms with van der Waals surface area (Å²) in [5, 5.41) is 4.96. The number of amides is 2. The molecular formula is C38H46N4O6. The number of pyridine rings is 1. The van der Waals surface area contributed by atoms with E-state index in [0.717, 1.165) is 63.4 Å². The Labute approximate surface area is 282 Å². The van der Waals surface area contributed by atoms with Crippen LogP contribution in [-0.2, 0) is 42.4 Å². The lowest BCUT2D eigenvalue weighted by Gasteiger charge is -2.35. The summed E-state index contributed by atoms with van der Waals surface area (Å²) in [6.07, 6.45) is 10.5. The Bertz CT molecular complexity index is 1720. The van der Waals surface area contributed by atoms with E-state index >= 15 is 0 Å². The number of aryl methyl sites for hydroxylation is 1. The minimum atomic E-state index is -1.22. The molecule has 0 bridgehead atoms. The molecule has 3 aromatic rings. The molecule has 2 atom stereocenters. The number of unbranched alkanes of at least 4 members (excludes halogenated alkanes) is 5. The number of rotatable bonds is 12. The third-order valence-corrected chi connectivity index (χ3v) is 9.94. The van der Waals surface area contributed by atoms with Crippen LogP contribution in [0.5, 0.6) is 5.75 Å². The number of nitrogens with one attached hydrogen (secondary N) is 1. The van der Waals surface area contributed by atoms with Crippen LogP contribution in [0.25, 0.3) is 10.9 Å². The molecule has 1 aliphatic carbocycles. The highest BCUT2D eigenvalue weighted by atomic mass is 16.6. The number of nitrogens with zero attached hydrogens (tertiary/aromatic N) is 3. The second kappa shape index (κ2) is 14.3. The van der Waals surface area contributed by atoms with Gasteiger partial charge in [-0.3, -0.25) is 29.1 Å². The first kappa shape index (κ1) is 33.4. The number of fused-ring (bicyclic) bond motifs is 5. The number of carbonyl (C=O) groups excluding carboxylic acids is 4. The second-order valence-corrected chi connectivity index (χ2v) is 13.3. The quantitative estimate of drug-likeness (QED) is 0.133. The molecule has 10 heteroatoms. The Balaban J connectivity index is 0.968. The zero-order valence-corrected chi connectivity index (χ0v) is 28.3. The molecule has 3 heterocycles. The predicted molar refractivity (Wildman–Crippen MR) is 184 cm³/mol. The number of esters is 2. The van der Waals surface area contributed by atoms with Gasteiger partial charge in [0.1, 0.15) is 5.75 Å². The van der Waals surface area contributed by atoms with Crippen molar-refractivity contribution < 1.29 is 28.7 Å². The number of carbonyl (C=O) groups is 4. The molecule has 1 N–H and O–H groups in total. The van der Waals surface area contributed by atoms with Crippen LogP contribution in [0.3, 0.4) is 0 Å². The summed E-state index contributed by atoms with van der Waals surface area (Å²) in [5.41, 5.74) is 4.89. The first-order chi connectivity index (χ1) is 23.2. The number of para-hydroxylation sites is 1. The van der Waals surface area contributed by atoms with Crippen LogP contribution in [0.1, 0.15) is 102 Å². The van der Waals surface area contributed by atoms with Gasteiger partial charge in [-0.2, -0.15) is 0 Å². The maximum absolute atomic E-state index is 12.8. The van der Waals surface area contributed by atoms with Crippen LogP contribution in [-0.4, -0.2) is 52.9 Å². The largest absolute Gasteiger partial charge is 0.450 e. The molecule has 0 radical (unpaired) electrons. The SMILES string of the molecule is CC(=O)O[C@@]12CCN(C(C)=O)[C@@H]1N(C(C)=O)c1ccc(OC(=O)CCCCCCCCNc3c4c(nc5ccccc35)CCCC4)cc12. The zero-order chi connectivity index (χ0) is 33.8. The molecule has 254 valence electrons. The van der Waals surface area contributed by atoms with Crippen molar-refractivity contribution in [2.24, 2.45) is 0 Å². The first-order valence-corrected chi connectivity index (χ1v) is 17.5. The molecule has 1 fully saturated rings. The van der Waals surface area contributed by atoms with E-state index in [1.54, 1.807) is 23.1 Å². The Hall–Kier alpha value is -4.47. The van der Waals surface area contributed by atoms with Gasteiger partial charge in [0.15, 0.2) is 11.8 Å². The number of anilines is 2. The van der Waals surface area contributed by atoms with Crippen molar-refractivity contribution in [2.75, 3.05) is 23.3 Å². The normalized spacial score (nSPS) is 19.4. The highest BCUT2D eigenvalue weighted by Crippen LogP contribution is 2.54. The summed E-state index contributed by atoms with van der Waals surface area (Å²) in [4.78, 5) is 58.2. The van der Waals surface area contributed by atoms with Crippen LogP contribution in [0.15, 0.2) is 42.5 Å². The maximum atomic E-state index is 12.8. The van der Waals surface area contributed by atoms with Crippen molar-refractivity contribution in [1.82, 2.24) is 9.88 Å². The Morgan fingerprint density at radius 2 is 1.67 bits per heavy atom. The molecule has 1 saturated heterocycles. The fourth-order valence-corrected chi connectivity index (χ4v) is 7.83. The minimum absolute atomic E-state index is 0.215.